The lowest BCUT2D eigenvalue weighted by Crippen LogP contribution is -2.48. The minimum absolute atomic E-state index is 0.830. The van der Waals surface area contributed by atoms with Crippen LogP contribution in [0.3, 0.4) is 0 Å². The lowest BCUT2D eigenvalue weighted by molar-refractivity contribution is -0.364. The largest absolute Gasteiger partial charge is 0.497 e. The molecule has 27 heavy (non-hydrogen) atoms. The Morgan fingerprint density at radius 1 is 1.04 bits per heavy atom. The Morgan fingerprint density at radius 3 is 2.67 bits per heavy atom. The molecular formula is C20H21N6O+. The Labute approximate surface area is 156 Å². The van der Waals surface area contributed by atoms with Gasteiger partial charge in [-0.2, -0.15) is 0 Å². The highest BCUT2D eigenvalue weighted by molar-refractivity contribution is 6.08. The predicted molar refractivity (Wildman–Crippen MR) is 105 cm³/mol. The first-order valence-corrected chi connectivity index (χ1v) is 9.10. The molecule has 136 valence electrons. The summed E-state index contributed by atoms with van der Waals surface area (Å²) in [5, 5.41) is 1.09. The van der Waals surface area contributed by atoms with E-state index in [0.29, 0.717) is 0 Å². The number of benzene rings is 1. The summed E-state index contributed by atoms with van der Waals surface area (Å²) in [6, 6.07) is 12.2. The second-order valence-electron chi connectivity index (χ2n) is 6.68. The lowest BCUT2D eigenvalue weighted by atomic mass is 10.2. The number of ether oxygens (including phenoxy) is 1. The molecule has 0 bridgehead atoms. The third-order valence-electron chi connectivity index (χ3n) is 5.18. The van der Waals surface area contributed by atoms with Crippen molar-refractivity contribution in [2.24, 2.45) is 0 Å². The molecule has 5 rings (SSSR count). The van der Waals surface area contributed by atoms with Crippen LogP contribution in [0.25, 0.3) is 21.9 Å². The van der Waals surface area contributed by atoms with Crippen LogP contribution in [-0.2, 0) is 0 Å². The van der Waals surface area contributed by atoms with Crippen molar-refractivity contribution in [3.05, 3.63) is 48.9 Å². The number of methoxy groups -OCH3 is 1. The van der Waals surface area contributed by atoms with Gasteiger partial charge in [-0.3, -0.25) is 4.90 Å². The molecule has 3 aromatic heterocycles. The fourth-order valence-corrected chi connectivity index (χ4v) is 3.77. The maximum atomic E-state index is 5.34. The van der Waals surface area contributed by atoms with Crippen molar-refractivity contribution in [3.8, 4) is 5.75 Å². The second-order valence-corrected chi connectivity index (χ2v) is 6.68. The van der Waals surface area contributed by atoms with E-state index in [4.69, 9.17) is 4.74 Å². The molecule has 1 aliphatic heterocycles. The van der Waals surface area contributed by atoms with E-state index in [0.717, 1.165) is 65.5 Å². The molecule has 1 saturated heterocycles. The molecule has 7 heteroatoms. The molecule has 1 aliphatic rings. The molecule has 1 fully saturated rings. The zero-order valence-electron chi connectivity index (χ0n) is 15.1. The molecule has 0 amide bonds. The van der Waals surface area contributed by atoms with Crippen molar-refractivity contribution in [2.75, 3.05) is 43.1 Å². The highest BCUT2D eigenvalue weighted by atomic mass is 16.5. The van der Waals surface area contributed by atoms with Crippen LogP contribution >= 0.6 is 0 Å². The molecule has 0 aliphatic carbocycles. The highest BCUT2D eigenvalue weighted by Crippen LogP contribution is 2.31. The summed E-state index contributed by atoms with van der Waals surface area (Å²) < 4.78 is 5.34. The van der Waals surface area contributed by atoms with Crippen LogP contribution in [0.5, 0.6) is 5.75 Å². The average Bonchev–Trinajstić information content (AvgIpc) is 3.12. The van der Waals surface area contributed by atoms with Gasteiger partial charge in [-0.1, -0.05) is 6.07 Å². The van der Waals surface area contributed by atoms with E-state index in [9.17, 15) is 0 Å². The zero-order valence-corrected chi connectivity index (χ0v) is 15.1. The van der Waals surface area contributed by atoms with Gasteiger partial charge in [-0.15, -0.1) is 0 Å². The number of rotatable bonds is 3. The normalized spacial score (nSPS) is 14.9. The molecule has 4 aromatic rings. The number of hydrogen-bond donors (Lipinski definition) is 1. The van der Waals surface area contributed by atoms with Crippen molar-refractivity contribution in [2.45, 2.75) is 0 Å². The van der Waals surface area contributed by atoms with Gasteiger partial charge in [0.15, 0.2) is 5.82 Å². The van der Waals surface area contributed by atoms with E-state index >= 15 is 0 Å². The number of pyridine rings is 1. The number of nitrogens with one attached hydrogen (secondary N) is 2. The van der Waals surface area contributed by atoms with E-state index in [1.165, 1.54) is 0 Å². The van der Waals surface area contributed by atoms with Crippen LogP contribution in [0.15, 0.2) is 48.9 Å². The topological polar surface area (TPSA) is 71.4 Å². The fourth-order valence-electron chi connectivity index (χ4n) is 3.77. The van der Waals surface area contributed by atoms with Gasteiger partial charge in [0.25, 0.3) is 5.82 Å². The molecule has 0 radical (unpaired) electrons. The number of nitrogens with zero attached hydrogens (tertiary/aromatic N) is 4. The number of anilines is 2. The number of piperazine rings is 1. The Morgan fingerprint density at radius 2 is 1.89 bits per heavy atom. The number of aromatic nitrogens is 4. The van der Waals surface area contributed by atoms with Gasteiger partial charge in [0, 0.05) is 17.5 Å². The van der Waals surface area contributed by atoms with Crippen LogP contribution < -0.4 is 19.5 Å². The van der Waals surface area contributed by atoms with E-state index < -0.39 is 0 Å². The third-order valence-corrected chi connectivity index (χ3v) is 5.18. The third kappa shape index (κ3) is 2.71. The zero-order chi connectivity index (χ0) is 18.2. The molecule has 0 saturated carbocycles. The summed E-state index contributed by atoms with van der Waals surface area (Å²) in [7, 11) is 1.68. The highest BCUT2D eigenvalue weighted by Gasteiger charge is 2.25. The van der Waals surface area contributed by atoms with E-state index in [1.54, 1.807) is 13.4 Å². The summed E-state index contributed by atoms with van der Waals surface area (Å²) in [5.74, 6) is 2.95. The Balaban J connectivity index is 1.47. The molecular weight excluding hydrogens is 340 g/mol. The number of hydrogen-bond acceptors (Lipinski definition) is 5. The van der Waals surface area contributed by atoms with Gasteiger partial charge in [-0.25, -0.2) is 15.0 Å². The molecule has 2 N–H and O–H groups in total. The van der Waals surface area contributed by atoms with Crippen molar-refractivity contribution in [3.63, 3.8) is 0 Å². The van der Waals surface area contributed by atoms with Crippen molar-refractivity contribution in [1.82, 2.24) is 15.0 Å². The van der Waals surface area contributed by atoms with Gasteiger partial charge in [-0.05, 0) is 18.2 Å². The molecule has 0 spiro atoms. The van der Waals surface area contributed by atoms with E-state index in [2.05, 4.69) is 41.9 Å². The number of aromatic amines is 2. The van der Waals surface area contributed by atoms with Gasteiger partial charge < -0.3 is 14.6 Å². The van der Waals surface area contributed by atoms with Crippen molar-refractivity contribution >= 4 is 33.6 Å². The summed E-state index contributed by atoms with van der Waals surface area (Å²) in [4.78, 5) is 20.6. The Bertz CT molecular complexity index is 1090. The SMILES string of the molecule is COc1ccc2c(c1)[nH]c1c(N3CCN(c4cccc[nH+]4)CC3)ncnc12. The molecule has 0 atom stereocenters. The maximum absolute atomic E-state index is 5.34. The first kappa shape index (κ1) is 15.9. The first-order chi connectivity index (χ1) is 13.3. The first-order valence-electron chi connectivity index (χ1n) is 9.10. The van der Waals surface area contributed by atoms with Crippen LogP contribution in [0.2, 0.25) is 0 Å². The second kappa shape index (κ2) is 6.42. The average molecular weight is 361 g/mol. The molecule has 4 heterocycles. The maximum Gasteiger partial charge on any atom is 0.274 e. The van der Waals surface area contributed by atoms with Crippen molar-refractivity contribution in [1.29, 1.82) is 0 Å². The summed E-state index contributed by atoms with van der Waals surface area (Å²) in [6.45, 7) is 3.71. The molecule has 0 unspecified atom stereocenters. The number of H-pyrrole nitrogens is 2. The molecule has 1 aromatic carbocycles. The quantitative estimate of drug-likeness (QED) is 0.606. The lowest BCUT2D eigenvalue weighted by Gasteiger charge is -2.31. The number of fused-ring (bicyclic) bond motifs is 3. The predicted octanol–water partition coefficient (Wildman–Crippen LogP) is 2.26. The Kier molecular flexibility index (Phi) is 3.78. The summed E-state index contributed by atoms with van der Waals surface area (Å²) >= 11 is 0. The summed E-state index contributed by atoms with van der Waals surface area (Å²) in [6.07, 6.45) is 3.63. The summed E-state index contributed by atoms with van der Waals surface area (Å²) in [5.41, 5.74) is 2.96. The van der Waals surface area contributed by atoms with Gasteiger partial charge in [0.05, 0.1) is 31.9 Å². The molecule has 7 nitrogen and oxygen atoms in total. The van der Waals surface area contributed by atoms with E-state index in [1.807, 2.05) is 30.5 Å². The van der Waals surface area contributed by atoms with E-state index in [-0.39, 0.29) is 0 Å². The van der Waals surface area contributed by atoms with Crippen LogP contribution in [0, 0.1) is 0 Å². The fraction of sp³-hybridized carbons (Fsp3) is 0.250. The van der Waals surface area contributed by atoms with Gasteiger partial charge >= 0.3 is 0 Å². The van der Waals surface area contributed by atoms with Crippen molar-refractivity contribution < 1.29 is 9.72 Å². The van der Waals surface area contributed by atoms with Crippen LogP contribution in [0.4, 0.5) is 11.6 Å². The van der Waals surface area contributed by atoms with Crippen LogP contribution in [-0.4, -0.2) is 48.2 Å². The van der Waals surface area contributed by atoms with Gasteiger partial charge in [0.1, 0.15) is 36.2 Å². The standard InChI is InChI=1S/C20H20N6O/c1-27-14-5-6-15-16(12-14)24-19-18(15)22-13-23-20(19)26-10-8-25(9-11-26)17-4-2-3-7-21-17/h2-7,12-13,24H,8-11H2,1H3/p+1. The smallest absolute Gasteiger partial charge is 0.274 e. The monoisotopic (exact) mass is 361 g/mol. The Hall–Kier alpha value is -3.35. The minimum atomic E-state index is 0.830. The van der Waals surface area contributed by atoms with Crippen LogP contribution in [0.1, 0.15) is 0 Å². The van der Waals surface area contributed by atoms with Gasteiger partial charge in [0.2, 0.25) is 0 Å². The minimum Gasteiger partial charge on any atom is -0.497 e.